The predicted molar refractivity (Wildman–Crippen MR) is 246 cm³/mol. The number of likely N-dealkylation sites (N-methyl/N-ethyl adjacent to an activating group) is 4. The Bertz CT molecular complexity index is 1160. The molecule has 61 heavy (non-hydrogen) atoms. The molecule has 0 aliphatic heterocycles. The van der Waals surface area contributed by atoms with Crippen LogP contribution >= 0.6 is 47.0 Å². The Labute approximate surface area is 376 Å². The summed E-state index contributed by atoms with van der Waals surface area (Å²) in [4.78, 5) is 85.8. The zero-order valence-corrected chi connectivity index (χ0v) is 39.8. The van der Waals surface area contributed by atoms with Gasteiger partial charge in [-0.25, -0.2) is 0 Å². The van der Waals surface area contributed by atoms with Crippen molar-refractivity contribution in [3.05, 3.63) is 0 Å². The van der Waals surface area contributed by atoms with Gasteiger partial charge in [0.05, 0.1) is 25.2 Å². The number of carboxylic acids is 4. The molecule has 8 unspecified atom stereocenters. The summed E-state index contributed by atoms with van der Waals surface area (Å²) in [6.45, 7) is 4.65. The Balaban J connectivity index is -0.000000356. The number of rotatable bonds is 32. The summed E-state index contributed by atoms with van der Waals surface area (Å²) in [7, 11) is 8.08. The van der Waals surface area contributed by atoms with E-state index in [1.54, 1.807) is 53.8 Å². The largest absolute Gasteiger partial charge is 0.480 e. The molecule has 0 aromatic rings. The molecule has 0 aliphatic rings. The number of esters is 1. The molecular formula is C36H72N8O13S4. The van der Waals surface area contributed by atoms with Crippen LogP contribution in [-0.2, 0) is 43.1 Å². The van der Waals surface area contributed by atoms with Crippen molar-refractivity contribution >= 4 is 94.2 Å². The highest BCUT2D eigenvalue weighted by Crippen LogP contribution is 2.10. The van der Waals surface area contributed by atoms with Gasteiger partial charge in [0.25, 0.3) is 0 Å². The number of hydrogen-bond acceptors (Lipinski definition) is 21. The first-order chi connectivity index (χ1) is 28.5. The Morgan fingerprint density at radius 3 is 1.13 bits per heavy atom. The predicted octanol–water partition coefficient (Wildman–Crippen LogP) is -1.62. The van der Waals surface area contributed by atoms with Crippen LogP contribution in [0.4, 0.5) is 0 Å². The van der Waals surface area contributed by atoms with E-state index in [9.17, 15) is 38.4 Å². The highest BCUT2D eigenvalue weighted by Gasteiger charge is 2.18. The molecule has 25 heteroatoms. The van der Waals surface area contributed by atoms with E-state index in [2.05, 4.69) is 26.0 Å². The summed E-state index contributed by atoms with van der Waals surface area (Å²) in [6.07, 6.45) is 2.13. The first kappa shape index (κ1) is 65.1. The standard InChI is InChI=1S/C11H22N2O2S.C9H18N2O4S.C9H18N2O3S.C7H14N2O4S/c1-8(14)10(12-3)5-6-16-7-11(13-4)9(2)15;1-10-6(8(12)13)3-4-16-5-7(11-2)9(14)15;1-6(12)8(11)5-15-4-3-7(10)9(13)14-2;8-4(6(10)11)1-2-14-3-5(9)7(12)13/h10-13H,5-7H2,1-4H3;6-7,10-11H,3-5H2,1-2H3,(H,12,13)(H,14,15);7-8H,3-5,10-11H2,1-2H3;4-5H,1-3,8-9H2,(H,10,11)(H,12,13). The minimum Gasteiger partial charge on any atom is -0.480 e. The molecule has 8 atom stereocenters. The third-order valence-electron chi connectivity index (χ3n) is 8.04. The van der Waals surface area contributed by atoms with Crippen molar-refractivity contribution < 1.29 is 63.5 Å². The lowest BCUT2D eigenvalue weighted by Gasteiger charge is -2.14. The molecule has 0 aromatic carbocycles. The SMILES string of the molecule is CNC(CCSCC(NC)C(=O)O)C(=O)O.CNC(CCSCC(NC)C(C)=O)C(C)=O.COC(=O)C(N)CCSCC(N)C(C)=O.NC(CCSCC(N)C(=O)O)C(=O)O. The zero-order valence-electron chi connectivity index (χ0n) is 36.5. The van der Waals surface area contributed by atoms with E-state index in [0.717, 1.165) is 17.9 Å². The number of methoxy groups -OCH3 is 1. The van der Waals surface area contributed by atoms with Crippen molar-refractivity contribution in [2.45, 2.75) is 94.8 Å². The quantitative estimate of drug-likeness (QED) is 0.0266. The first-order valence-electron chi connectivity index (χ1n) is 19.0. The van der Waals surface area contributed by atoms with Crippen molar-refractivity contribution in [2.24, 2.45) is 22.9 Å². The monoisotopic (exact) mass is 952 g/mol. The summed E-state index contributed by atoms with van der Waals surface area (Å²) in [5, 5.41) is 45.6. The van der Waals surface area contributed by atoms with Crippen LogP contribution < -0.4 is 44.2 Å². The molecule has 0 spiro atoms. The van der Waals surface area contributed by atoms with E-state index < -0.39 is 66.1 Å². The van der Waals surface area contributed by atoms with Crippen molar-refractivity contribution in [1.82, 2.24) is 21.3 Å². The van der Waals surface area contributed by atoms with Gasteiger partial charge in [0.2, 0.25) is 0 Å². The van der Waals surface area contributed by atoms with Gasteiger partial charge in [-0.2, -0.15) is 47.0 Å². The van der Waals surface area contributed by atoms with Crippen LogP contribution in [0.2, 0.25) is 0 Å². The van der Waals surface area contributed by atoms with E-state index in [1.165, 1.54) is 49.3 Å². The highest BCUT2D eigenvalue weighted by molar-refractivity contribution is 8.00. The Morgan fingerprint density at radius 2 is 0.787 bits per heavy atom. The average Bonchev–Trinajstić information content (AvgIpc) is 3.20. The number of ether oxygens (including phenoxy) is 1. The summed E-state index contributed by atoms with van der Waals surface area (Å²) in [6, 6.07) is -4.08. The second-order valence-corrected chi connectivity index (χ2v) is 17.6. The maximum atomic E-state index is 11.1. The minimum atomic E-state index is -1.06. The molecular weight excluding hydrogens is 881 g/mol. The van der Waals surface area contributed by atoms with Crippen molar-refractivity contribution in [3.63, 3.8) is 0 Å². The lowest BCUT2D eigenvalue weighted by atomic mass is 10.1. The Hall–Kier alpha value is -2.56. The summed E-state index contributed by atoms with van der Waals surface area (Å²) < 4.78 is 4.48. The van der Waals surface area contributed by atoms with E-state index in [-0.39, 0.29) is 35.2 Å². The fraction of sp³-hybridized carbons (Fsp3) is 0.778. The van der Waals surface area contributed by atoms with Gasteiger partial charge in [0.15, 0.2) is 0 Å². The van der Waals surface area contributed by atoms with Crippen molar-refractivity contribution in [2.75, 3.05) is 81.3 Å². The van der Waals surface area contributed by atoms with Crippen LogP contribution in [-0.4, -0.2) is 197 Å². The van der Waals surface area contributed by atoms with E-state index in [1.807, 2.05) is 0 Å². The van der Waals surface area contributed by atoms with Gasteiger partial charge < -0.3 is 69.4 Å². The van der Waals surface area contributed by atoms with Crippen LogP contribution in [0.25, 0.3) is 0 Å². The molecule has 16 N–H and O–H groups in total. The van der Waals surface area contributed by atoms with Gasteiger partial charge in [-0.15, -0.1) is 0 Å². The fourth-order valence-corrected chi connectivity index (χ4v) is 8.23. The lowest BCUT2D eigenvalue weighted by Crippen LogP contribution is -2.37. The van der Waals surface area contributed by atoms with Crippen LogP contribution in [0.1, 0.15) is 46.5 Å². The Morgan fingerprint density at radius 1 is 0.443 bits per heavy atom. The summed E-state index contributed by atoms with van der Waals surface area (Å²) >= 11 is 5.93. The normalized spacial score (nSPS) is 14.5. The number of carbonyl (C=O) groups is 8. The fourth-order valence-electron chi connectivity index (χ4n) is 3.85. The van der Waals surface area contributed by atoms with Crippen LogP contribution in [0.15, 0.2) is 0 Å². The number of aliphatic carboxylic acids is 4. The second kappa shape index (κ2) is 41.5. The van der Waals surface area contributed by atoms with E-state index >= 15 is 0 Å². The number of ketones is 3. The topological polar surface area (TPSA) is 379 Å². The molecule has 0 saturated carbocycles. The van der Waals surface area contributed by atoms with Gasteiger partial charge in [-0.3, -0.25) is 38.4 Å². The van der Waals surface area contributed by atoms with Gasteiger partial charge >= 0.3 is 29.8 Å². The van der Waals surface area contributed by atoms with Crippen LogP contribution in [0, 0.1) is 0 Å². The smallest absolute Gasteiger partial charge is 0.322 e. The molecule has 0 radical (unpaired) electrons. The van der Waals surface area contributed by atoms with Crippen LogP contribution in [0.3, 0.4) is 0 Å². The molecule has 0 fully saturated rings. The highest BCUT2D eigenvalue weighted by atomic mass is 32.2. The van der Waals surface area contributed by atoms with Crippen molar-refractivity contribution in [3.8, 4) is 0 Å². The maximum Gasteiger partial charge on any atom is 0.322 e. The Kier molecular flexibility index (Phi) is 44.2. The second-order valence-electron chi connectivity index (χ2n) is 13.0. The summed E-state index contributed by atoms with van der Waals surface area (Å²) in [5.74, 6) is 0.717. The molecule has 0 rings (SSSR count). The van der Waals surface area contributed by atoms with E-state index in [4.69, 9.17) is 43.4 Å². The van der Waals surface area contributed by atoms with Gasteiger partial charge in [0.1, 0.15) is 47.6 Å². The number of thioether (sulfide) groups is 4. The van der Waals surface area contributed by atoms with Crippen molar-refractivity contribution in [1.29, 1.82) is 0 Å². The number of carboxylic acid groups (broad SMARTS) is 4. The number of nitrogens with one attached hydrogen (secondary N) is 4. The van der Waals surface area contributed by atoms with Gasteiger partial charge in [0, 0.05) is 23.0 Å². The number of Topliss-reactive ketones (excluding diaryl/α,β-unsaturated/α-hetero) is 3. The molecule has 0 aliphatic carbocycles. The number of hydrogen-bond donors (Lipinski definition) is 12. The molecule has 0 bridgehead atoms. The first-order valence-corrected chi connectivity index (χ1v) is 23.6. The third-order valence-corrected chi connectivity index (χ3v) is 12.5. The minimum absolute atomic E-state index is 0.0280. The molecule has 21 nitrogen and oxygen atoms in total. The lowest BCUT2D eigenvalue weighted by molar-refractivity contribution is -0.142. The summed E-state index contributed by atoms with van der Waals surface area (Å²) in [5.41, 5.74) is 21.5. The molecule has 0 amide bonds. The van der Waals surface area contributed by atoms with Gasteiger partial charge in [-0.05, 0) is 97.7 Å². The average molecular weight is 953 g/mol. The maximum absolute atomic E-state index is 11.1. The number of nitrogens with two attached hydrogens (primary N) is 4. The van der Waals surface area contributed by atoms with E-state index in [0.29, 0.717) is 48.0 Å². The molecule has 0 heterocycles. The van der Waals surface area contributed by atoms with Crippen LogP contribution in [0.5, 0.6) is 0 Å². The molecule has 0 saturated heterocycles. The molecule has 358 valence electrons. The molecule has 0 aromatic heterocycles. The zero-order chi connectivity index (χ0) is 48.1. The van der Waals surface area contributed by atoms with Gasteiger partial charge in [-0.1, -0.05) is 0 Å². The third kappa shape index (κ3) is 38.8. The number of carbonyl (C=O) groups excluding carboxylic acids is 4.